The zero-order valence-electron chi connectivity index (χ0n) is 16.0. The molecule has 0 spiro atoms. The van der Waals surface area contributed by atoms with Crippen LogP contribution in [0.25, 0.3) is 0 Å². The summed E-state index contributed by atoms with van der Waals surface area (Å²) in [6.07, 6.45) is 0.480. The molecule has 1 aromatic heterocycles. The first-order valence-electron chi connectivity index (χ1n) is 9.51. The molecule has 4 rings (SSSR count). The summed E-state index contributed by atoms with van der Waals surface area (Å²) in [5.41, 5.74) is 0.518. The topological polar surface area (TPSA) is 80.1 Å². The second-order valence-corrected chi connectivity index (χ2v) is 7.34. The Morgan fingerprint density at radius 3 is 2.67 bits per heavy atom. The number of halogens is 2. The summed E-state index contributed by atoms with van der Waals surface area (Å²) in [6, 6.07) is 12.9. The van der Waals surface area contributed by atoms with E-state index in [4.69, 9.17) is 11.6 Å². The molecule has 2 heterocycles. The van der Waals surface area contributed by atoms with Gasteiger partial charge in [0.25, 0.3) is 11.8 Å². The number of benzene rings is 2. The van der Waals surface area contributed by atoms with Crippen LogP contribution in [0.15, 0.2) is 48.5 Å². The average molecular weight is 428 g/mol. The van der Waals surface area contributed by atoms with Gasteiger partial charge in [-0.15, -0.1) is 10.2 Å². The Bertz CT molecular complexity index is 1090. The molecule has 154 valence electrons. The number of aromatic nitrogens is 3. The smallest absolute Gasteiger partial charge is 0.256 e. The van der Waals surface area contributed by atoms with E-state index in [1.54, 1.807) is 29.2 Å². The SMILES string of the molecule is O=C(NCc1nnc2n1CCN(C(=O)c1cc(Cl)ccc1F)CC2)c1ccccc1. The summed E-state index contributed by atoms with van der Waals surface area (Å²) in [5.74, 6) is 0.123. The molecule has 1 aliphatic rings. The molecule has 7 nitrogen and oxygen atoms in total. The van der Waals surface area contributed by atoms with Crippen molar-refractivity contribution in [3.8, 4) is 0 Å². The molecule has 30 heavy (non-hydrogen) atoms. The fourth-order valence-electron chi connectivity index (χ4n) is 3.40. The second kappa shape index (κ2) is 8.62. The molecule has 0 fully saturated rings. The Balaban J connectivity index is 1.43. The van der Waals surface area contributed by atoms with Crippen LogP contribution in [-0.4, -0.2) is 44.6 Å². The molecule has 1 aliphatic heterocycles. The number of carbonyl (C=O) groups is 2. The molecule has 0 bridgehead atoms. The lowest BCUT2D eigenvalue weighted by Crippen LogP contribution is -2.34. The lowest BCUT2D eigenvalue weighted by molar-refractivity contribution is 0.0754. The highest BCUT2D eigenvalue weighted by Crippen LogP contribution is 2.18. The van der Waals surface area contributed by atoms with Crippen molar-refractivity contribution in [1.82, 2.24) is 25.0 Å². The fourth-order valence-corrected chi connectivity index (χ4v) is 3.57. The number of rotatable bonds is 4. The molecule has 0 radical (unpaired) electrons. The largest absolute Gasteiger partial charge is 0.345 e. The molecule has 2 amide bonds. The molecule has 0 unspecified atom stereocenters. The van der Waals surface area contributed by atoms with E-state index in [1.165, 1.54) is 18.2 Å². The van der Waals surface area contributed by atoms with Crippen LogP contribution in [0.4, 0.5) is 4.39 Å². The maximum Gasteiger partial charge on any atom is 0.256 e. The van der Waals surface area contributed by atoms with E-state index < -0.39 is 11.7 Å². The van der Waals surface area contributed by atoms with E-state index in [0.29, 0.717) is 42.5 Å². The molecule has 3 aromatic rings. The Morgan fingerprint density at radius 1 is 1.07 bits per heavy atom. The van der Waals surface area contributed by atoms with Crippen LogP contribution in [0.1, 0.15) is 32.4 Å². The van der Waals surface area contributed by atoms with Crippen molar-refractivity contribution in [3.63, 3.8) is 0 Å². The standard InChI is InChI=1S/C21H19ClFN5O2/c22-15-6-7-17(23)16(12-15)21(30)27-9-8-18-25-26-19(28(18)11-10-27)13-24-20(29)14-4-2-1-3-5-14/h1-7,12H,8-11,13H2,(H,24,29). The van der Waals surface area contributed by atoms with Crippen LogP contribution in [0, 0.1) is 5.82 Å². The van der Waals surface area contributed by atoms with E-state index >= 15 is 0 Å². The van der Waals surface area contributed by atoms with Crippen molar-refractivity contribution in [2.45, 2.75) is 19.5 Å². The number of hydrogen-bond acceptors (Lipinski definition) is 4. The predicted octanol–water partition coefficient (Wildman–Crippen LogP) is 2.70. The minimum absolute atomic E-state index is 0.0458. The Morgan fingerprint density at radius 2 is 1.87 bits per heavy atom. The molecule has 1 N–H and O–H groups in total. The fraction of sp³-hybridized carbons (Fsp3) is 0.238. The minimum Gasteiger partial charge on any atom is -0.345 e. The van der Waals surface area contributed by atoms with Crippen molar-refractivity contribution < 1.29 is 14.0 Å². The van der Waals surface area contributed by atoms with Gasteiger partial charge in [-0.25, -0.2) is 4.39 Å². The number of nitrogens with one attached hydrogen (secondary N) is 1. The highest BCUT2D eigenvalue weighted by molar-refractivity contribution is 6.31. The highest BCUT2D eigenvalue weighted by atomic mass is 35.5. The first kappa shape index (κ1) is 20.0. The van der Waals surface area contributed by atoms with Gasteiger partial charge >= 0.3 is 0 Å². The third-order valence-corrected chi connectivity index (χ3v) is 5.23. The number of hydrogen-bond donors (Lipinski definition) is 1. The molecular weight excluding hydrogens is 409 g/mol. The Hall–Kier alpha value is -3.26. The molecular formula is C21H19ClFN5O2. The zero-order chi connectivity index (χ0) is 21.1. The maximum atomic E-state index is 14.1. The normalized spacial score (nSPS) is 13.5. The molecule has 2 aromatic carbocycles. The molecule has 0 saturated heterocycles. The Labute approximate surface area is 177 Å². The van der Waals surface area contributed by atoms with Gasteiger partial charge in [-0.3, -0.25) is 9.59 Å². The maximum absolute atomic E-state index is 14.1. The van der Waals surface area contributed by atoms with E-state index in [1.807, 2.05) is 10.6 Å². The Kier molecular flexibility index (Phi) is 5.76. The first-order valence-corrected chi connectivity index (χ1v) is 9.89. The van der Waals surface area contributed by atoms with Gasteiger partial charge in [-0.2, -0.15) is 0 Å². The number of nitrogens with zero attached hydrogens (tertiary/aromatic N) is 4. The minimum atomic E-state index is -0.600. The second-order valence-electron chi connectivity index (χ2n) is 6.90. The molecule has 0 aliphatic carbocycles. The summed E-state index contributed by atoms with van der Waals surface area (Å²) >= 11 is 5.92. The van der Waals surface area contributed by atoms with Crippen LogP contribution >= 0.6 is 11.6 Å². The van der Waals surface area contributed by atoms with E-state index in [0.717, 1.165) is 5.82 Å². The van der Waals surface area contributed by atoms with Crippen molar-refractivity contribution in [3.05, 3.63) is 82.1 Å². The number of carbonyl (C=O) groups excluding carboxylic acids is 2. The van der Waals surface area contributed by atoms with Crippen LogP contribution < -0.4 is 5.32 Å². The quantitative estimate of drug-likeness (QED) is 0.694. The van der Waals surface area contributed by atoms with Gasteiger partial charge in [-0.1, -0.05) is 29.8 Å². The van der Waals surface area contributed by atoms with Gasteiger partial charge in [0.05, 0.1) is 12.1 Å². The summed E-state index contributed by atoms with van der Waals surface area (Å²) in [7, 11) is 0. The molecule has 9 heteroatoms. The third kappa shape index (κ3) is 4.18. The van der Waals surface area contributed by atoms with Crippen molar-refractivity contribution in [1.29, 1.82) is 0 Å². The van der Waals surface area contributed by atoms with Gasteiger partial charge in [-0.05, 0) is 30.3 Å². The van der Waals surface area contributed by atoms with E-state index in [2.05, 4.69) is 15.5 Å². The van der Waals surface area contributed by atoms with Crippen molar-refractivity contribution in [2.24, 2.45) is 0 Å². The van der Waals surface area contributed by atoms with Gasteiger partial charge < -0.3 is 14.8 Å². The first-order chi connectivity index (χ1) is 14.5. The highest BCUT2D eigenvalue weighted by Gasteiger charge is 2.24. The van der Waals surface area contributed by atoms with Crippen LogP contribution in [0.2, 0.25) is 5.02 Å². The summed E-state index contributed by atoms with van der Waals surface area (Å²) in [4.78, 5) is 26.6. The van der Waals surface area contributed by atoms with Crippen LogP contribution in [0.3, 0.4) is 0 Å². The van der Waals surface area contributed by atoms with E-state index in [9.17, 15) is 14.0 Å². The summed E-state index contributed by atoms with van der Waals surface area (Å²) in [5, 5.41) is 11.5. The third-order valence-electron chi connectivity index (χ3n) is 4.99. The van der Waals surface area contributed by atoms with Crippen LogP contribution in [0.5, 0.6) is 0 Å². The lowest BCUT2D eigenvalue weighted by atomic mass is 10.2. The van der Waals surface area contributed by atoms with Gasteiger partial charge in [0.1, 0.15) is 11.6 Å². The van der Waals surface area contributed by atoms with Crippen molar-refractivity contribution in [2.75, 3.05) is 13.1 Å². The molecule has 0 saturated carbocycles. The van der Waals surface area contributed by atoms with E-state index in [-0.39, 0.29) is 18.0 Å². The van der Waals surface area contributed by atoms with Gasteiger partial charge in [0, 0.05) is 36.6 Å². The van der Waals surface area contributed by atoms with Crippen molar-refractivity contribution >= 4 is 23.4 Å². The average Bonchev–Trinajstić information content (AvgIpc) is 3.02. The van der Waals surface area contributed by atoms with Crippen LogP contribution in [-0.2, 0) is 19.5 Å². The zero-order valence-corrected chi connectivity index (χ0v) is 16.8. The summed E-state index contributed by atoms with van der Waals surface area (Å²) < 4.78 is 16.0. The molecule has 0 atom stereocenters. The number of amides is 2. The van der Waals surface area contributed by atoms with Gasteiger partial charge in [0.2, 0.25) is 0 Å². The summed E-state index contributed by atoms with van der Waals surface area (Å²) in [6.45, 7) is 1.43. The lowest BCUT2D eigenvalue weighted by Gasteiger charge is -2.20. The van der Waals surface area contributed by atoms with Gasteiger partial charge in [0.15, 0.2) is 5.82 Å². The predicted molar refractivity (Wildman–Crippen MR) is 109 cm³/mol. The number of fused-ring (bicyclic) bond motifs is 1. The monoisotopic (exact) mass is 427 g/mol.